The number of nitrogens with zero attached hydrogens (tertiary/aromatic N) is 1. The Kier molecular flexibility index (Phi) is 3.64. The smallest absolute Gasteiger partial charge is 0.146 e. The zero-order valence-corrected chi connectivity index (χ0v) is 8.84. The third kappa shape index (κ3) is 2.93. The van der Waals surface area contributed by atoms with Crippen LogP contribution in [-0.2, 0) is 0 Å². The van der Waals surface area contributed by atoms with E-state index in [0.29, 0.717) is 12.0 Å². The Morgan fingerprint density at radius 1 is 1.60 bits per heavy atom. The molecule has 0 bridgehead atoms. The van der Waals surface area contributed by atoms with Gasteiger partial charge in [0.1, 0.15) is 11.6 Å². The van der Waals surface area contributed by atoms with E-state index in [1.165, 1.54) is 6.20 Å². The molecule has 0 amide bonds. The van der Waals surface area contributed by atoms with Crippen LogP contribution in [0.4, 0.5) is 10.2 Å². The van der Waals surface area contributed by atoms with E-state index in [2.05, 4.69) is 16.8 Å². The lowest BCUT2D eigenvalue weighted by Crippen LogP contribution is -2.12. The molecule has 1 atom stereocenters. The fraction of sp³-hybridized carbons (Fsp3) is 0.364. The Labute approximate surface area is 88.7 Å². The van der Waals surface area contributed by atoms with Gasteiger partial charge in [0.05, 0.1) is 5.56 Å². The number of rotatable bonds is 1. The first-order chi connectivity index (χ1) is 7.02. The minimum absolute atomic E-state index is 0.0107. The molecule has 0 aliphatic carbocycles. The summed E-state index contributed by atoms with van der Waals surface area (Å²) in [4.78, 5) is 3.84. The molecule has 4 N–H and O–H groups in total. The highest BCUT2D eigenvalue weighted by molar-refractivity contribution is 5.46. The van der Waals surface area contributed by atoms with E-state index in [1.54, 1.807) is 6.92 Å². The highest BCUT2D eigenvalue weighted by atomic mass is 19.1. The van der Waals surface area contributed by atoms with Crippen molar-refractivity contribution in [1.29, 1.82) is 0 Å². The quantitative estimate of drug-likeness (QED) is 0.680. The molecule has 1 aromatic rings. The number of nitrogens with two attached hydrogens (primary N) is 2. The maximum Gasteiger partial charge on any atom is 0.146 e. The van der Waals surface area contributed by atoms with E-state index in [4.69, 9.17) is 11.5 Å². The van der Waals surface area contributed by atoms with E-state index in [0.717, 1.165) is 0 Å². The van der Waals surface area contributed by atoms with Crippen molar-refractivity contribution < 1.29 is 4.39 Å². The van der Waals surface area contributed by atoms with Crippen LogP contribution in [0.1, 0.15) is 24.5 Å². The summed E-state index contributed by atoms with van der Waals surface area (Å²) in [5.41, 5.74) is 11.6. The molecule has 0 aliphatic heterocycles. The Morgan fingerprint density at radius 3 is 2.87 bits per heavy atom. The van der Waals surface area contributed by atoms with E-state index >= 15 is 0 Å². The van der Waals surface area contributed by atoms with Crippen molar-refractivity contribution in [3.63, 3.8) is 0 Å². The molecule has 0 spiro atoms. The van der Waals surface area contributed by atoms with Crippen LogP contribution in [0.5, 0.6) is 0 Å². The Balaban J connectivity index is 2.95. The summed E-state index contributed by atoms with van der Waals surface area (Å²) in [5.74, 6) is 5.28. The van der Waals surface area contributed by atoms with Gasteiger partial charge in [-0.2, -0.15) is 0 Å². The predicted molar refractivity (Wildman–Crippen MR) is 58.5 cm³/mol. The van der Waals surface area contributed by atoms with Crippen LogP contribution in [0.2, 0.25) is 0 Å². The topological polar surface area (TPSA) is 64.9 Å². The fourth-order valence-corrected chi connectivity index (χ4v) is 0.996. The molecule has 0 saturated heterocycles. The molecule has 15 heavy (non-hydrogen) atoms. The Morgan fingerprint density at radius 2 is 2.27 bits per heavy atom. The van der Waals surface area contributed by atoms with Gasteiger partial charge in [-0.05, 0) is 13.8 Å². The van der Waals surface area contributed by atoms with Crippen LogP contribution in [0.15, 0.2) is 6.20 Å². The summed E-state index contributed by atoms with van der Waals surface area (Å²) in [5, 5.41) is 0. The number of aromatic nitrogens is 1. The molecule has 4 heteroatoms. The van der Waals surface area contributed by atoms with Gasteiger partial charge in [-0.25, -0.2) is 9.37 Å². The van der Waals surface area contributed by atoms with Crippen LogP contribution in [-0.4, -0.2) is 11.0 Å². The SMILES string of the molecule is Cc1c(N)ncc(C#CC[C@H](C)N)c1F. The summed E-state index contributed by atoms with van der Waals surface area (Å²) >= 11 is 0. The molecule has 0 unspecified atom stereocenters. The van der Waals surface area contributed by atoms with Crippen LogP contribution in [0.25, 0.3) is 0 Å². The van der Waals surface area contributed by atoms with E-state index < -0.39 is 5.82 Å². The van der Waals surface area contributed by atoms with E-state index in [9.17, 15) is 4.39 Å². The standard InChI is InChI=1S/C11H14FN3/c1-7(13)4-3-5-9-6-15-11(14)8(2)10(9)12/h6-7H,4,13H2,1-2H3,(H2,14,15)/t7-/m0/s1. The first kappa shape index (κ1) is 11.5. The molecular formula is C11H14FN3. The normalized spacial score (nSPS) is 11.7. The molecular weight excluding hydrogens is 193 g/mol. The number of halogens is 1. The van der Waals surface area contributed by atoms with Gasteiger partial charge in [0, 0.05) is 24.2 Å². The largest absolute Gasteiger partial charge is 0.383 e. The lowest BCUT2D eigenvalue weighted by molar-refractivity contribution is 0.613. The third-order valence-corrected chi connectivity index (χ3v) is 1.93. The van der Waals surface area contributed by atoms with Gasteiger partial charge in [-0.15, -0.1) is 0 Å². The minimum Gasteiger partial charge on any atom is -0.383 e. The summed E-state index contributed by atoms with van der Waals surface area (Å²) in [6.07, 6.45) is 1.87. The summed E-state index contributed by atoms with van der Waals surface area (Å²) < 4.78 is 13.5. The Hall–Kier alpha value is -1.60. The average molecular weight is 207 g/mol. The highest BCUT2D eigenvalue weighted by Gasteiger charge is 2.06. The maximum absolute atomic E-state index is 13.5. The highest BCUT2D eigenvalue weighted by Crippen LogP contribution is 2.14. The van der Waals surface area contributed by atoms with Crippen molar-refractivity contribution in [3.8, 4) is 11.8 Å². The minimum atomic E-state index is -0.403. The van der Waals surface area contributed by atoms with Gasteiger partial charge in [0.15, 0.2) is 0 Å². The van der Waals surface area contributed by atoms with Crippen LogP contribution >= 0.6 is 0 Å². The maximum atomic E-state index is 13.5. The molecule has 0 aliphatic rings. The lowest BCUT2D eigenvalue weighted by atomic mass is 10.1. The average Bonchev–Trinajstić information content (AvgIpc) is 2.18. The van der Waals surface area contributed by atoms with Crippen LogP contribution < -0.4 is 11.5 Å². The van der Waals surface area contributed by atoms with Crippen molar-refractivity contribution in [3.05, 3.63) is 23.1 Å². The lowest BCUT2D eigenvalue weighted by Gasteiger charge is -2.01. The second kappa shape index (κ2) is 4.76. The predicted octanol–water partition coefficient (Wildman–Crippen LogP) is 1.20. The summed E-state index contributed by atoms with van der Waals surface area (Å²) in [6, 6.07) is -0.0107. The molecule has 0 aromatic carbocycles. The zero-order valence-electron chi connectivity index (χ0n) is 8.84. The van der Waals surface area contributed by atoms with E-state index in [1.807, 2.05) is 6.92 Å². The van der Waals surface area contributed by atoms with E-state index in [-0.39, 0.29) is 17.4 Å². The molecule has 0 saturated carbocycles. The second-order valence-corrected chi connectivity index (χ2v) is 3.48. The molecule has 1 rings (SSSR count). The van der Waals surface area contributed by atoms with Crippen LogP contribution in [0.3, 0.4) is 0 Å². The molecule has 80 valence electrons. The first-order valence-electron chi connectivity index (χ1n) is 4.67. The van der Waals surface area contributed by atoms with Crippen LogP contribution in [0, 0.1) is 24.6 Å². The van der Waals surface area contributed by atoms with Gasteiger partial charge >= 0.3 is 0 Å². The fourth-order valence-electron chi connectivity index (χ4n) is 0.996. The van der Waals surface area contributed by atoms with Crippen molar-refractivity contribution in [2.45, 2.75) is 26.3 Å². The second-order valence-electron chi connectivity index (χ2n) is 3.48. The van der Waals surface area contributed by atoms with Crippen molar-refractivity contribution in [1.82, 2.24) is 4.98 Å². The number of hydrogen-bond donors (Lipinski definition) is 2. The molecule has 3 nitrogen and oxygen atoms in total. The van der Waals surface area contributed by atoms with Gasteiger partial charge in [-0.1, -0.05) is 11.8 Å². The third-order valence-electron chi connectivity index (χ3n) is 1.93. The van der Waals surface area contributed by atoms with Gasteiger partial charge < -0.3 is 11.5 Å². The molecule has 1 aromatic heterocycles. The first-order valence-corrected chi connectivity index (χ1v) is 4.67. The van der Waals surface area contributed by atoms with Gasteiger partial charge in [0.25, 0.3) is 0 Å². The summed E-state index contributed by atoms with van der Waals surface area (Å²) in [7, 11) is 0. The number of anilines is 1. The number of pyridine rings is 1. The monoisotopic (exact) mass is 207 g/mol. The van der Waals surface area contributed by atoms with Crippen molar-refractivity contribution in [2.75, 3.05) is 5.73 Å². The number of nitrogen functional groups attached to an aromatic ring is 1. The van der Waals surface area contributed by atoms with Gasteiger partial charge in [-0.3, -0.25) is 0 Å². The molecule has 1 heterocycles. The summed E-state index contributed by atoms with van der Waals surface area (Å²) in [6.45, 7) is 3.42. The number of hydrogen-bond acceptors (Lipinski definition) is 3. The molecule has 0 radical (unpaired) electrons. The Bertz CT molecular complexity index is 416. The van der Waals surface area contributed by atoms with Crippen molar-refractivity contribution >= 4 is 5.82 Å². The van der Waals surface area contributed by atoms with Crippen molar-refractivity contribution in [2.24, 2.45) is 5.73 Å². The zero-order chi connectivity index (χ0) is 11.4. The molecule has 0 fully saturated rings. The van der Waals surface area contributed by atoms with Gasteiger partial charge in [0.2, 0.25) is 0 Å².